The van der Waals surface area contributed by atoms with E-state index in [1.54, 1.807) is 6.92 Å². The van der Waals surface area contributed by atoms with Gasteiger partial charge in [0, 0.05) is 17.9 Å². The van der Waals surface area contributed by atoms with E-state index >= 15 is 0 Å². The second kappa shape index (κ2) is 10.5. The van der Waals surface area contributed by atoms with Gasteiger partial charge in [0.15, 0.2) is 5.75 Å². The molecule has 0 fully saturated rings. The zero-order valence-electron chi connectivity index (χ0n) is 16.3. The quantitative estimate of drug-likeness (QED) is 0.340. The molecule has 0 spiro atoms. The Bertz CT molecular complexity index is 1020. The summed E-state index contributed by atoms with van der Waals surface area (Å²) >= 11 is 18.3. The van der Waals surface area contributed by atoms with Crippen molar-refractivity contribution in [3.05, 3.63) is 51.5 Å². The Balaban J connectivity index is 2.56. The highest BCUT2D eigenvalue weighted by Crippen LogP contribution is 2.39. The summed E-state index contributed by atoms with van der Waals surface area (Å²) in [5, 5.41) is 0.162. The molecule has 0 bridgehead atoms. The van der Waals surface area contributed by atoms with Crippen molar-refractivity contribution in [1.29, 1.82) is 0 Å². The lowest BCUT2D eigenvalue weighted by Crippen LogP contribution is -2.36. The minimum atomic E-state index is -4.27. The van der Waals surface area contributed by atoms with E-state index in [1.807, 2.05) is 6.92 Å². The molecule has 0 unspecified atom stereocenters. The first-order valence-corrected chi connectivity index (χ1v) is 11.7. The Morgan fingerprint density at radius 1 is 0.933 bits per heavy atom. The molecule has 0 aliphatic heterocycles. The smallest absolute Gasteiger partial charge is 0.311 e. The summed E-state index contributed by atoms with van der Waals surface area (Å²) in [7, 11) is -4.27. The fraction of sp³-hybridized carbons (Fsp3) is 0.300. The van der Waals surface area contributed by atoms with Crippen LogP contribution >= 0.6 is 34.8 Å². The van der Waals surface area contributed by atoms with Crippen LogP contribution in [0.25, 0.3) is 0 Å². The molecule has 2 rings (SSSR count). The van der Waals surface area contributed by atoms with Crippen LogP contribution in [0.4, 0.5) is 5.69 Å². The fourth-order valence-electron chi connectivity index (χ4n) is 2.57. The average molecular weight is 493 g/mol. The Morgan fingerprint density at radius 2 is 1.47 bits per heavy atom. The number of amides is 1. The molecule has 2 aromatic carbocycles. The van der Waals surface area contributed by atoms with Gasteiger partial charge in [-0.05, 0) is 49.2 Å². The Labute approximate surface area is 190 Å². The number of anilines is 1. The van der Waals surface area contributed by atoms with E-state index in [4.69, 9.17) is 39.5 Å². The highest BCUT2D eigenvalue weighted by molar-refractivity contribution is 7.93. The predicted octanol–water partition coefficient (Wildman–Crippen LogP) is 5.87. The molecule has 10 heteroatoms. The number of esters is 1. The third kappa shape index (κ3) is 5.66. The Morgan fingerprint density at radius 3 is 1.97 bits per heavy atom. The van der Waals surface area contributed by atoms with Gasteiger partial charge in [0.2, 0.25) is 5.91 Å². The maximum absolute atomic E-state index is 13.2. The number of nitrogens with zero attached hydrogens (tertiary/aromatic N) is 1. The van der Waals surface area contributed by atoms with Crippen molar-refractivity contribution in [3.63, 3.8) is 0 Å². The number of halogens is 3. The van der Waals surface area contributed by atoms with E-state index in [9.17, 15) is 18.0 Å². The largest absolute Gasteiger partial charge is 0.423 e. The summed E-state index contributed by atoms with van der Waals surface area (Å²) in [4.78, 5) is 24.4. The topological polar surface area (TPSA) is 80.8 Å². The van der Waals surface area contributed by atoms with E-state index in [2.05, 4.69) is 0 Å². The van der Waals surface area contributed by atoms with E-state index in [0.717, 1.165) is 0 Å². The van der Waals surface area contributed by atoms with Crippen molar-refractivity contribution in [3.8, 4) is 5.75 Å². The van der Waals surface area contributed by atoms with E-state index < -0.39 is 21.9 Å². The maximum Gasteiger partial charge on any atom is 0.311 e. The van der Waals surface area contributed by atoms with Crippen LogP contribution in [0, 0.1) is 0 Å². The first-order valence-electron chi connectivity index (χ1n) is 9.15. The number of sulfonamides is 1. The molecule has 0 radical (unpaired) electrons. The number of ether oxygens (including phenoxy) is 1. The molecule has 0 aliphatic rings. The molecule has 0 aliphatic carbocycles. The van der Waals surface area contributed by atoms with E-state index in [0.29, 0.717) is 22.2 Å². The zero-order chi connectivity index (χ0) is 22.5. The van der Waals surface area contributed by atoms with Crippen LogP contribution in [-0.2, 0) is 19.6 Å². The van der Waals surface area contributed by atoms with Crippen LogP contribution < -0.4 is 9.04 Å². The average Bonchev–Trinajstić information content (AvgIpc) is 2.65. The van der Waals surface area contributed by atoms with Gasteiger partial charge in [-0.2, -0.15) is 0 Å². The summed E-state index contributed by atoms with van der Waals surface area (Å²) in [6.45, 7) is 3.56. The summed E-state index contributed by atoms with van der Waals surface area (Å²) < 4.78 is 32.3. The number of carbonyl (C=O) groups is 2. The van der Waals surface area contributed by atoms with Crippen LogP contribution in [0.5, 0.6) is 5.75 Å². The Hall–Kier alpha value is -1.80. The van der Waals surface area contributed by atoms with Gasteiger partial charge in [-0.1, -0.05) is 48.7 Å². The predicted molar refractivity (Wildman–Crippen MR) is 118 cm³/mol. The highest BCUT2D eigenvalue weighted by Gasteiger charge is 2.32. The van der Waals surface area contributed by atoms with Crippen molar-refractivity contribution in [2.45, 2.75) is 44.4 Å². The third-order valence-corrected chi connectivity index (χ3v) is 6.51. The normalized spacial score (nSPS) is 11.2. The van der Waals surface area contributed by atoms with Crippen LogP contribution in [-0.4, -0.2) is 20.3 Å². The van der Waals surface area contributed by atoms with Crippen LogP contribution in [0.15, 0.2) is 41.3 Å². The Kier molecular flexibility index (Phi) is 8.55. The van der Waals surface area contributed by atoms with Crippen LogP contribution in [0.2, 0.25) is 15.1 Å². The molecule has 2 aromatic rings. The second-order valence-electron chi connectivity index (χ2n) is 6.33. The molecule has 0 aromatic heterocycles. The van der Waals surface area contributed by atoms with Gasteiger partial charge in [-0.3, -0.25) is 9.59 Å². The lowest BCUT2D eigenvalue weighted by atomic mass is 10.2. The highest BCUT2D eigenvalue weighted by atomic mass is 35.5. The molecule has 6 nitrogen and oxygen atoms in total. The minimum Gasteiger partial charge on any atom is -0.423 e. The van der Waals surface area contributed by atoms with E-state index in [1.165, 1.54) is 36.4 Å². The first-order chi connectivity index (χ1) is 14.1. The van der Waals surface area contributed by atoms with Gasteiger partial charge in [0.05, 0.1) is 20.6 Å². The molecule has 0 saturated heterocycles. The maximum atomic E-state index is 13.2. The molecule has 30 heavy (non-hydrogen) atoms. The van der Waals surface area contributed by atoms with Crippen molar-refractivity contribution < 1.29 is 22.7 Å². The summed E-state index contributed by atoms with van der Waals surface area (Å²) in [6.07, 6.45) is 1.15. The number of hydrogen-bond acceptors (Lipinski definition) is 5. The number of benzene rings is 2. The molecule has 162 valence electrons. The van der Waals surface area contributed by atoms with Crippen molar-refractivity contribution >= 4 is 62.4 Å². The van der Waals surface area contributed by atoms with Gasteiger partial charge < -0.3 is 4.74 Å². The number of carbonyl (C=O) groups excluding carboxylic acids is 2. The molecule has 0 N–H and O–H groups in total. The minimum absolute atomic E-state index is 0.0186. The van der Waals surface area contributed by atoms with Crippen molar-refractivity contribution in [2.75, 3.05) is 4.31 Å². The van der Waals surface area contributed by atoms with Crippen LogP contribution in [0.3, 0.4) is 0 Å². The van der Waals surface area contributed by atoms with Crippen molar-refractivity contribution in [2.24, 2.45) is 0 Å². The lowest BCUT2D eigenvalue weighted by Gasteiger charge is -2.23. The SMILES string of the molecule is CCCC(=O)Oc1c(Cl)cc(N(C(=O)CCC)S(=O)(=O)c2ccc(Cl)cc2)cc1Cl. The zero-order valence-corrected chi connectivity index (χ0v) is 19.4. The van der Waals surface area contributed by atoms with Gasteiger partial charge in [-0.15, -0.1) is 0 Å². The molecular weight excluding hydrogens is 473 g/mol. The summed E-state index contributed by atoms with van der Waals surface area (Å²) in [6, 6.07) is 7.87. The third-order valence-electron chi connectivity index (χ3n) is 3.93. The molecule has 0 saturated carbocycles. The summed E-state index contributed by atoms with van der Waals surface area (Å²) in [5.74, 6) is -1.27. The van der Waals surface area contributed by atoms with Gasteiger partial charge in [0.25, 0.3) is 10.0 Å². The number of rotatable bonds is 8. The molecule has 0 atom stereocenters. The fourth-order valence-corrected chi connectivity index (χ4v) is 4.69. The van der Waals surface area contributed by atoms with Crippen molar-refractivity contribution in [1.82, 2.24) is 0 Å². The first kappa shape index (κ1) is 24.5. The van der Waals surface area contributed by atoms with E-state index in [-0.39, 0.29) is 39.2 Å². The lowest BCUT2D eigenvalue weighted by molar-refractivity contribution is -0.134. The monoisotopic (exact) mass is 491 g/mol. The molecule has 0 heterocycles. The number of hydrogen-bond donors (Lipinski definition) is 0. The van der Waals surface area contributed by atoms with Gasteiger partial charge >= 0.3 is 5.97 Å². The van der Waals surface area contributed by atoms with Gasteiger partial charge in [-0.25, -0.2) is 12.7 Å². The standard InChI is InChI=1S/C20H20Cl3NO5S/c1-3-5-18(25)24(30(27,28)15-9-7-13(21)8-10-15)14-11-16(22)20(17(23)12-14)29-19(26)6-4-2/h7-12H,3-6H2,1-2H3. The molecular formula is C20H20Cl3NO5S. The van der Waals surface area contributed by atoms with Gasteiger partial charge in [0.1, 0.15) is 0 Å². The molecule has 1 amide bonds. The summed E-state index contributed by atoms with van der Waals surface area (Å²) in [5.41, 5.74) is -0.0614. The second-order valence-corrected chi connectivity index (χ2v) is 9.37. The van der Waals surface area contributed by atoms with Crippen LogP contribution in [0.1, 0.15) is 39.5 Å².